The third-order valence-corrected chi connectivity index (χ3v) is 7.16. The van der Waals surface area contributed by atoms with Gasteiger partial charge in [-0.25, -0.2) is 0 Å². The fourth-order valence-electron chi connectivity index (χ4n) is 5.54. The van der Waals surface area contributed by atoms with Gasteiger partial charge in [-0.1, -0.05) is 61.0 Å². The summed E-state index contributed by atoms with van der Waals surface area (Å²) in [5, 5.41) is 65.4. The Balaban J connectivity index is 1.82. The monoisotopic (exact) mass is 400 g/mol. The van der Waals surface area contributed by atoms with Gasteiger partial charge in [-0.2, -0.15) is 0 Å². The fourth-order valence-corrected chi connectivity index (χ4v) is 5.54. The zero-order valence-corrected chi connectivity index (χ0v) is 16.5. The summed E-state index contributed by atoms with van der Waals surface area (Å²) < 4.78 is 0. The van der Waals surface area contributed by atoms with Crippen LogP contribution in [0.1, 0.15) is 41.0 Å². The van der Waals surface area contributed by atoms with Gasteiger partial charge in [-0.3, -0.25) is 0 Å². The molecule has 6 N–H and O–H groups in total. The lowest BCUT2D eigenvalue weighted by Gasteiger charge is -2.80. The van der Waals surface area contributed by atoms with Crippen LogP contribution in [0.2, 0.25) is 0 Å². The van der Waals surface area contributed by atoms with Crippen molar-refractivity contribution < 1.29 is 30.6 Å². The van der Waals surface area contributed by atoms with Crippen LogP contribution in [0, 0.1) is 6.92 Å². The second kappa shape index (κ2) is 6.60. The summed E-state index contributed by atoms with van der Waals surface area (Å²) in [5.74, 6) is -2.17. The van der Waals surface area contributed by atoms with Gasteiger partial charge in [0.15, 0.2) is 0 Å². The average molecular weight is 400 g/mol. The van der Waals surface area contributed by atoms with Gasteiger partial charge in [0.1, 0.15) is 22.9 Å². The summed E-state index contributed by atoms with van der Waals surface area (Å²) in [6, 6.07) is 14.2. The van der Waals surface area contributed by atoms with Crippen LogP contribution in [0.25, 0.3) is 0 Å². The molecule has 0 radical (unpaired) electrons. The van der Waals surface area contributed by atoms with Crippen molar-refractivity contribution in [3.8, 4) is 0 Å². The molecule has 6 nitrogen and oxygen atoms in total. The maximum atomic E-state index is 11.5. The minimum atomic E-state index is -2.24. The van der Waals surface area contributed by atoms with Gasteiger partial charge in [0.25, 0.3) is 0 Å². The van der Waals surface area contributed by atoms with Gasteiger partial charge in [-0.15, -0.1) is 0 Å². The topological polar surface area (TPSA) is 121 Å². The number of aliphatic hydroxyl groups excluding tert-OH is 3. The second-order valence-electron chi connectivity index (χ2n) is 8.48. The summed E-state index contributed by atoms with van der Waals surface area (Å²) in [5.41, 5.74) is -3.46. The molecule has 3 unspecified atom stereocenters. The van der Waals surface area contributed by atoms with Crippen molar-refractivity contribution in [2.24, 2.45) is 0 Å². The molecular formula is C23H28O6. The normalized spacial score (nSPS) is 39.2. The van der Waals surface area contributed by atoms with Crippen LogP contribution in [-0.2, 0) is 6.42 Å². The van der Waals surface area contributed by atoms with E-state index in [1.807, 2.05) is 38.1 Å². The zero-order chi connectivity index (χ0) is 21.2. The van der Waals surface area contributed by atoms with E-state index in [1.165, 1.54) is 0 Å². The summed E-state index contributed by atoms with van der Waals surface area (Å²) >= 11 is 0. The Bertz CT molecular complexity index is 897. The lowest BCUT2D eigenvalue weighted by molar-refractivity contribution is -0.459. The van der Waals surface area contributed by atoms with E-state index in [9.17, 15) is 30.6 Å². The highest BCUT2D eigenvalue weighted by atomic mass is 16.5. The number of aryl methyl sites for hydroxylation is 2. The number of rotatable bonds is 5. The quantitative estimate of drug-likeness (QED) is 0.431. The standard InChI is InChI=1S/C23H28O6/c1-3-14-6-10-16(11-7-14)19-21(27,17(25)12-24)23(29)18(20(26)22(19,23)28)15-8-4-13(2)5-9-15/h4-11,17-20,24-29H,3,12H2,1-2H3/t17-,18?,19?,20?,21+,22+,23+/m1/s1. The summed E-state index contributed by atoms with van der Waals surface area (Å²) in [4.78, 5) is 0. The molecule has 156 valence electrons. The van der Waals surface area contributed by atoms with Crippen molar-refractivity contribution >= 4 is 0 Å². The van der Waals surface area contributed by atoms with Crippen LogP contribution < -0.4 is 0 Å². The van der Waals surface area contributed by atoms with Gasteiger partial charge in [0.05, 0.1) is 18.6 Å². The van der Waals surface area contributed by atoms with Crippen LogP contribution >= 0.6 is 0 Å². The molecule has 6 heteroatoms. The highest BCUT2D eigenvalue weighted by Crippen LogP contribution is 2.75. The summed E-state index contributed by atoms with van der Waals surface area (Å²) in [6.45, 7) is 3.10. The predicted molar refractivity (Wildman–Crippen MR) is 106 cm³/mol. The van der Waals surface area contributed by atoms with E-state index in [0.29, 0.717) is 11.1 Å². The molecule has 0 amide bonds. The number of aliphatic hydroxyl groups is 6. The SMILES string of the molecule is CCc1ccc(C2[C@]3(O)C(O)C(c4ccc(C)cc4)[C@]3(O)[C@]2(O)[C@H](O)CO)cc1. The zero-order valence-electron chi connectivity index (χ0n) is 16.5. The molecule has 2 aliphatic rings. The molecular weight excluding hydrogens is 372 g/mol. The van der Waals surface area contributed by atoms with Crippen LogP contribution in [-0.4, -0.2) is 66.3 Å². The van der Waals surface area contributed by atoms with Gasteiger partial charge in [0, 0.05) is 5.92 Å². The Morgan fingerprint density at radius 2 is 1.48 bits per heavy atom. The Morgan fingerprint density at radius 3 is 2.00 bits per heavy atom. The van der Waals surface area contributed by atoms with Crippen molar-refractivity contribution in [2.75, 3.05) is 6.61 Å². The van der Waals surface area contributed by atoms with Gasteiger partial charge >= 0.3 is 0 Å². The molecule has 2 fully saturated rings. The van der Waals surface area contributed by atoms with E-state index in [-0.39, 0.29) is 0 Å². The van der Waals surface area contributed by atoms with E-state index in [2.05, 4.69) is 0 Å². The molecule has 2 aromatic rings. The molecule has 29 heavy (non-hydrogen) atoms. The molecule has 0 spiro atoms. The van der Waals surface area contributed by atoms with E-state index in [0.717, 1.165) is 17.5 Å². The van der Waals surface area contributed by atoms with Crippen molar-refractivity contribution in [1.29, 1.82) is 0 Å². The minimum absolute atomic E-state index is 0.478. The van der Waals surface area contributed by atoms with Crippen LogP contribution in [0.3, 0.4) is 0 Å². The first-order chi connectivity index (χ1) is 13.7. The molecule has 0 aromatic heterocycles. The number of fused-ring (bicyclic) bond motifs is 1. The van der Waals surface area contributed by atoms with Gasteiger partial charge in [0.2, 0.25) is 0 Å². The minimum Gasteiger partial charge on any atom is -0.394 e. The lowest BCUT2D eigenvalue weighted by atomic mass is 9.30. The van der Waals surface area contributed by atoms with Crippen molar-refractivity contribution in [2.45, 2.75) is 61.1 Å². The second-order valence-corrected chi connectivity index (χ2v) is 8.48. The molecule has 0 heterocycles. The van der Waals surface area contributed by atoms with Crippen molar-refractivity contribution in [3.05, 3.63) is 70.8 Å². The molecule has 4 rings (SSSR count). The first kappa shape index (κ1) is 20.5. The molecule has 2 aromatic carbocycles. The number of hydrogen-bond acceptors (Lipinski definition) is 6. The van der Waals surface area contributed by atoms with E-state index in [4.69, 9.17) is 0 Å². The fraction of sp³-hybridized carbons (Fsp3) is 0.478. The molecule has 0 saturated heterocycles. The van der Waals surface area contributed by atoms with Crippen LogP contribution in [0.15, 0.2) is 48.5 Å². The Morgan fingerprint density at radius 1 is 0.931 bits per heavy atom. The van der Waals surface area contributed by atoms with Crippen LogP contribution in [0.5, 0.6) is 0 Å². The van der Waals surface area contributed by atoms with Crippen molar-refractivity contribution in [1.82, 2.24) is 0 Å². The van der Waals surface area contributed by atoms with Crippen LogP contribution in [0.4, 0.5) is 0 Å². The van der Waals surface area contributed by atoms with Crippen molar-refractivity contribution in [3.63, 3.8) is 0 Å². The molecule has 2 saturated carbocycles. The third kappa shape index (κ3) is 2.27. The first-order valence-electron chi connectivity index (χ1n) is 9.97. The Labute approximate surface area is 169 Å². The van der Waals surface area contributed by atoms with Gasteiger partial charge < -0.3 is 30.6 Å². The largest absolute Gasteiger partial charge is 0.394 e. The Kier molecular flexibility index (Phi) is 4.66. The molecule has 2 aliphatic carbocycles. The Hall–Kier alpha value is -1.80. The highest BCUT2D eigenvalue weighted by Gasteiger charge is 2.93. The first-order valence-corrected chi connectivity index (χ1v) is 9.97. The third-order valence-electron chi connectivity index (χ3n) is 7.16. The lowest BCUT2D eigenvalue weighted by Crippen LogP contribution is -2.99. The predicted octanol–water partition coefficient (Wildman–Crippen LogP) is 0.359. The molecule has 0 bridgehead atoms. The average Bonchev–Trinajstić information content (AvgIpc) is 2.74. The summed E-state index contributed by atoms with van der Waals surface area (Å²) in [6.07, 6.45) is -2.25. The molecule has 0 aliphatic heterocycles. The van der Waals surface area contributed by atoms with E-state index < -0.39 is 47.5 Å². The van der Waals surface area contributed by atoms with Gasteiger partial charge in [-0.05, 0) is 30.0 Å². The van der Waals surface area contributed by atoms with E-state index in [1.54, 1.807) is 24.3 Å². The number of benzene rings is 2. The number of hydrogen-bond donors (Lipinski definition) is 6. The maximum Gasteiger partial charge on any atom is 0.138 e. The maximum absolute atomic E-state index is 11.5. The summed E-state index contributed by atoms with van der Waals surface area (Å²) in [7, 11) is 0. The van der Waals surface area contributed by atoms with E-state index >= 15 is 0 Å². The molecule has 7 atom stereocenters. The highest BCUT2D eigenvalue weighted by molar-refractivity contribution is 5.55. The smallest absolute Gasteiger partial charge is 0.138 e.